The molecule has 0 radical (unpaired) electrons. The van der Waals surface area contributed by atoms with Crippen molar-refractivity contribution in [2.75, 3.05) is 13.1 Å². The number of amidine groups is 1. The number of nitrogens with one attached hydrogen (secondary N) is 3. The van der Waals surface area contributed by atoms with E-state index in [0.717, 1.165) is 9.78 Å². The zero-order chi connectivity index (χ0) is 31.1. The van der Waals surface area contributed by atoms with Gasteiger partial charge in [-0.05, 0) is 61.5 Å². The minimum atomic E-state index is -3.08. The summed E-state index contributed by atoms with van der Waals surface area (Å²) in [6.07, 6.45) is -1.22. The van der Waals surface area contributed by atoms with Gasteiger partial charge < -0.3 is 30.7 Å². The van der Waals surface area contributed by atoms with Gasteiger partial charge in [-0.15, -0.1) is 11.3 Å². The lowest BCUT2D eigenvalue weighted by molar-refractivity contribution is -0.160. The summed E-state index contributed by atoms with van der Waals surface area (Å²) in [7, 11) is 0. The third kappa shape index (κ3) is 8.12. The van der Waals surface area contributed by atoms with Crippen molar-refractivity contribution in [2.45, 2.75) is 38.1 Å². The van der Waals surface area contributed by atoms with Crippen LogP contribution in [0.5, 0.6) is 11.5 Å². The standard InChI is InChI=1S/C29H28F2N6O5S/c1-16(24-10-19(15-43-24)26(33)34)36-28(40)23-11-22(42-29(30)31)14-37(23)25(38)13-35-27(39)18-4-8-21(9-5-18)41-20-6-2-17(12-32)3-7-20/h2-10,15-16,22-23,29H,11,13-14H2,1H3,(H3,33,34)(H,35,39)(H,36,40)/t16?,22-,23+/m1/s1. The van der Waals surface area contributed by atoms with Crippen LogP contribution in [0.1, 0.15) is 45.7 Å². The molecule has 1 aliphatic heterocycles. The van der Waals surface area contributed by atoms with Crippen molar-refractivity contribution in [1.82, 2.24) is 15.5 Å². The molecule has 0 bridgehead atoms. The maximum absolute atomic E-state index is 13.1. The van der Waals surface area contributed by atoms with E-state index >= 15 is 0 Å². The fraction of sp³-hybridized carbons (Fsp3) is 0.276. The van der Waals surface area contributed by atoms with Gasteiger partial charge in [0.25, 0.3) is 5.91 Å². The van der Waals surface area contributed by atoms with E-state index in [0.29, 0.717) is 22.6 Å². The summed E-state index contributed by atoms with van der Waals surface area (Å²) in [5.74, 6) is -0.935. The molecule has 224 valence electrons. The molecule has 3 aromatic rings. The Morgan fingerprint density at radius 3 is 2.37 bits per heavy atom. The number of benzene rings is 2. The number of likely N-dealkylation sites (tertiary alicyclic amines) is 1. The fourth-order valence-corrected chi connectivity index (χ4v) is 5.35. The smallest absolute Gasteiger partial charge is 0.345 e. The second kappa shape index (κ2) is 13.9. The van der Waals surface area contributed by atoms with Crippen molar-refractivity contribution in [2.24, 2.45) is 5.73 Å². The molecule has 43 heavy (non-hydrogen) atoms. The molecule has 1 saturated heterocycles. The molecule has 0 aliphatic carbocycles. The van der Waals surface area contributed by atoms with Crippen molar-refractivity contribution in [1.29, 1.82) is 10.7 Å². The Bertz CT molecular complexity index is 1520. The van der Waals surface area contributed by atoms with E-state index in [1.807, 2.05) is 6.07 Å². The summed E-state index contributed by atoms with van der Waals surface area (Å²) in [6.45, 7) is -2.10. The Kier molecular flexibility index (Phi) is 10.0. The highest BCUT2D eigenvalue weighted by atomic mass is 32.1. The molecule has 0 saturated carbocycles. The number of halogens is 2. The number of alkyl halides is 2. The molecular formula is C29H28F2N6O5S. The Balaban J connectivity index is 1.35. The molecule has 0 spiro atoms. The molecule has 1 aliphatic rings. The van der Waals surface area contributed by atoms with Gasteiger partial charge in [0.15, 0.2) is 0 Å². The predicted octanol–water partition coefficient (Wildman–Crippen LogP) is 3.51. The summed E-state index contributed by atoms with van der Waals surface area (Å²) >= 11 is 1.29. The minimum absolute atomic E-state index is 0.116. The number of thiophene rings is 1. The first-order valence-corrected chi connectivity index (χ1v) is 13.9. The SMILES string of the molecule is CC(NC(=O)[C@@H]1C[C@@H](OC(F)F)CN1C(=O)CNC(=O)c1ccc(Oc2ccc(C#N)cc2)cc1)c1cc(C(=N)N)cs1. The van der Waals surface area contributed by atoms with Crippen LogP contribution in [0.2, 0.25) is 0 Å². The second-order valence-electron chi connectivity index (χ2n) is 9.64. The van der Waals surface area contributed by atoms with Gasteiger partial charge in [-0.3, -0.25) is 19.8 Å². The highest BCUT2D eigenvalue weighted by Gasteiger charge is 2.41. The number of nitriles is 1. The van der Waals surface area contributed by atoms with Crippen LogP contribution in [0.15, 0.2) is 60.0 Å². The molecule has 14 heteroatoms. The number of nitrogen functional groups attached to an aromatic ring is 1. The van der Waals surface area contributed by atoms with E-state index in [1.54, 1.807) is 54.8 Å². The van der Waals surface area contributed by atoms with E-state index in [-0.39, 0.29) is 24.4 Å². The molecule has 4 rings (SSSR count). The highest BCUT2D eigenvalue weighted by Crippen LogP contribution is 2.26. The van der Waals surface area contributed by atoms with E-state index < -0.39 is 49.1 Å². The topological polar surface area (TPSA) is 171 Å². The number of carbonyl (C=O) groups is 3. The van der Waals surface area contributed by atoms with Crippen LogP contribution >= 0.6 is 11.3 Å². The minimum Gasteiger partial charge on any atom is -0.457 e. The predicted molar refractivity (Wildman–Crippen MR) is 153 cm³/mol. The maximum Gasteiger partial charge on any atom is 0.345 e. The molecule has 3 atom stereocenters. The highest BCUT2D eigenvalue weighted by molar-refractivity contribution is 7.10. The first kappa shape index (κ1) is 31.1. The Morgan fingerprint density at radius 1 is 1.14 bits per heavy atom. The van der Waals surface area contributed by atoms with Crippen LogP contribution in [0.25, 0.3) is 0 Å². The number of hydrogen-bond donors (Lipinski definition) is 4. The first-order chi connectivity index (χ1) is 20.5. The average Bonchev–Trinajstić information content (AvgIpc) is 3.65. The van der Waals surface area contributed by atoms with Crippen LogP contribution in [-0.2, 0) is 14.3 Å². The summed E-state index contributed by atoms with van der Waals surface area (Å²) in [5.41, 5.74) is 6.74. The third-order valence-corrected chi connectivity index (χ3v) is 7.75. The van der Waals surface area contributed by atoms with Gasteiger partial charge >= 0.3 is 6.61 Å². The van der Waals surface area contributed by atoms with Gasteiger partial charge in [0.05, 0.1) is 30.3 Å². The number of carbonyl (C=O) groups excluding carboxylic acids is 3. The van der Waals surface area contributed by atoms with Crippen LogP contribution < -0.4 is 21.1 Å². The molecule has 1 aromatic heterocycles. The largest absolute Gasteiger partial charge is 0.457 e. The van der Waals surface area contributed by atoms with Gasteiger partial charge in [0.2, 0.25) is 11.8 Å². The Morgan fingerprint density at radius 2 is 1.79 bits per heavy atom. The zero-order valence-electron chi connectivity index (χ0n) is 22.9. The van der Waals surface area contributed by atoms with Gasteiger partial charge in [-0.25, -0.2) is 0 Å². The lowest BCUT2D eigenvalue weighted by Crippen LogP contribution is -2.49. The van der Waals surface area contributed by atoms with Crippen molar-refractivity contribution >= 4 is 34.9 Å². The van der Waals surface area contributed by atoms with Crippen LogP contribution in [-0.4, -0.2) is 60.3 Å². The molecular weight excluding hydrogens is 582 g/mol. The van der Waals surface area contributed by atoms with E-state index in [1.165, 1.54) is 23.5 Å². The van der Waals surface area contributed by atoms with Crippen molar-refractivity contribution in [3.8, 4) is 17.6 Å². The lowest BCUT2D eigenvalue weighted by Gasteiger charge is -2.25. The third-order valence-electron chi connectivity index (χ3n) is 6.63. The molecule has 1 fully saturated rings. The molecule has 2 aromatic carbocycles. The Labute approximate surface area is 249 Å². The van der Waals surface area contributed by atoms with Gasteiger partial charge in [-0.2, -0.15) is 14.0 Å². The normalized spacial score (nSPS) is 16.8. The first-order valence-electron chi connectivity index (χ1n) is 13.1. The second-order valence-corrected chi connectivity index (χ2v) is 10.6. The van der Waals surface area contributed by atoms with Gasteiger partial charge in [0.1, 0.15) is 23.4 Å². The summed E-state index contributed by atoms with van der Waals surface area (Å²) < 4.78 is 36.2. The molecule has 3 amide bonds. The number of rotatable bonds is 11. The summed E-state index contributed by atoms with van der Waals surface area (Å²) in [6, 6.07) is 14.7. The number of hydrogen-bond acceptors (Lipinski definition) is 8. The molecule has 5 N–H and O–H groups in total. The summed E-state index contributed by atoms with van der Waals surface area (Å²) in [5, 5.41) is 23.4. The average molecular weight is 611 g/mol. The number of amides is 3. The van der Waals surface area contributed by atoms with E-state index in [9.17, 15) is 23.2 Å². The van der Waals surface area contributed by atoms with Crippen molar-refractivity contribution in [3.05, 3.63) is 81.5 Å². The fourth-order valence-electron chi connectivity index (χ4n) is 4.43. The number of ether oxygens (including phenoxy) is 2. The molecule has 1 unspecified atom stereocenters. The number of nitrogens with zero attached hydrogens (tertiary/aromatic N) is 2. The van der Waals surface area contributed by atoms with E-state index in [2.05, 4.69) is 15.4 Å². The number of nitrogens with two attached hydrogens (primary N) is 1. The molecule has 2 heterocycles. The molecule has 11 nitrogen and oxygen atoms in total. The zero-order valence-corrected chi connectivity index (χ0v) is 23.7. The van der Waals surface area contributed by atoms with Gasteiger partial charge in [0, 0.05) is 34.3 Å². The van der Waals surface area contributed by atoms with E-state index in [4.69, 9.17) is 21.1 Å². The van der Waals surface area contributed by atoms with Crippen molar-refractivity contribution < 1.29 is 32.6 Å². The van der Waals surface area contributed by atoms with Crippen LogP contribution in [0, 0.1) is 16.7 Å². The van der Waals surface area contributed by atoms with Crippen LogP contribution in [0.3, 0.4) is 0 Å². The lowest BCUT2D eigenvalue weighted by atomic mass is 10.1. The Hall–Kier alpha value is -4.87. The maximum atomic E-state index is 13.1. The van der Waals surface area contributed by atoms with Crippen molar-refractivity contribution in [3.63, 3.8) is 0 Å². The van der Waals surface area contributed by atoms with Gasteiger partial charge in [-0.1, -0.05) is 0 Å². The van der Waals surface area contributed by atoms with Crippen LogP contribution in [0.4, 0.5) is 8.78 Å². The monoisotopic (exact) mass is 610 g/mol. The summed E-state index contributed by atoms with van der Waals surface area (Å²) in [4.78, 5) is 40.8. The quantitative estimate of drug-likeness (QED) is 0.190.